The second-order valence-electron chi connectivity index (χ2n) is 3.56. The molecule has 0 heterocycles. The van der Waals surface area contributed by atoms with Crippen LogP contribution in [0.3, 0.4) is 0 Å². The molecule has 0 spiro atoms. The molecule has 3 heteroatoms. The Morgan fingerprint density at radius 1 is 1.50 bits per heavy atom. The normalized spacial score (nSPS) is 18.5. The standard InChI is InChI=1S/C9H18N2S/c1-3-10-9(12)11-6-7(2)8-4-5-8/h7-8H,3-6H2,1-2H3,(H2,10,11,12). The van der Waals surface area contributed by atoms with E-state index in [0.29, 0.717) is 0 Å². The molecule has 12 heavy (non-hydrogen) atoms. The van der Waals surface area contributed by atoms with Crippen LogP contribution in [0.2, 0.25) is 0 Å². The lowest BCUT2D eigenvalue weighted by molar-refractivity contribution is 0.498. The molecule has 2 N–H and O–H groups in total. The summed E-state index contributed by atoms with van der Waals surface area (Å²) in [6.45, 7) is 6.28. The van der Waals surface area contributed by atoms with E-state index >= 15 is 0 Å². The van der Waals surface area contributed by atoms with Gasteiger partial charge in [0.05, 0.1) is 0 Å². The van der Waals surface area contributed by atoms with Crippen molar-refractivity contribution in [3.05, 3.63) is 0 Å². The van der Waals surface area contributed by atoms with Crippen LogP contribution in [0.5, 0.6) is 0 Å². The highest BCUT2D eigenvalue weighted by Gasteiger charge is 2.27. The van der Waals surface area contributed by atoms with Crippen LogP contribution in [-0.4, -0.2) is 18.2 Å². The summed E-state index contributed by atoms with van der Waals surface area (Å²) in [7, 11) is 0. The van der Waals surface area contributed by atoms with Crippen molar-refractivity contribution in [3.63, 3.8) is 0 Å². The van der Waals surface area contributed by atoms with Gasteiger partial charge in [-0.15, -0.1) is 0 Å². The molecule has 0 aromatic heterocycles. The van der Waals surface area contributed by atoms with Gasteiger partial charge >= 0.3 is 0 Å². The van der Waals surface area contributed by atoms with Gasteiger partial charge < -0.3 is 10.6 Å². The van der Waals surface area contributed by atoms with Crippen LogP contribution in [0, 0.1) is 11.8 Å². The Bertz CT molecular complexity index is 155. The van der Waals surface area contributed by atoms with E-state index in [1.807, 2.05) is 0 Å². The molecule has 0 saturated heterocycles. The lowest BCUT2D eigenvalue weighted by Gasteiger charge is -2.13. The molecular formula is C9H18N2S. The van der Waals surface area contributed by atoms with Gasteiger partial charge in [0.2, 0.25) is 0 Å². The third kappa shape index (κ3) is 3.39. The Labute approximate surface area is 80.1 Å². The summed E-state index contributed by atoms with van der Waals surface area (Å²) in [6.07, 6.45) is 2.83. The maximum atomic E-state index is 5.06. The van der Waals surface area contributed by atoms with E-state index in [1.54, 1.807) is 0 Å². The maximum absolute atomic E-state index is 5.06. The van der Waals surface area contributed by atoms with Crippen LogP contribution < -0.4 is 10.6 Å². The fourth-order valence-corrected chi connectivity index (χ4v) is 1.54. The van der Waals surface area contributed by atoms with Gasteiger partial charge in [0.25, 0.3) is 0 Å². The minimum Gasteiger partial charge on any atom is -0.363 e. The average molecular weight is 186 g/mol. The molecule has 0 aliphatic heterocycles. The van der Waals surface area contributed by atoms with Gasteiger partial charge in [0.15, 0.2) is 5.11 Å². The van der Waals surface area contributed by atoms with Crippen molar-refractivity contribution in [3.8, 4) is 0 Å². The van der Waals surface area contributed by atoms with Crippen LogP contribution in [-0.2, 0) is 0 Å². The fourth-order valence-electron chi connectivity index (χ4n) is 1.31. The van der Waals surface area contributed by atoms with Crippen molar-refractivity contribution >= 4 is 17.3 Å². The molecule has 1 aliphatic carbocycles. The lowest BCUT2D eigenvalue weighted by Crippen LogP contribution is -2.37. The molecule has 0 bridgehead atoms. The van der Waals surface area contributed by atoms with Crippen LogP contribution in [0.1, 0.15) is 26.7 Å². The summed E-state index contributed by atoms with van der Waals surface area (Å²) < 4.78 is 0. The molecule has 1 atom stereocenters. The fraction of sp³-hybridized carbons (Fsp3) is 0.889. The lowest BCUT2D eigenvalue weighted by atomic mass is 10.1. The Morgan fingerprint density at radius 2 is 2.17 bits per heavy atom. The van der Waals surface area contributed by atoms with Crippen LogP contribution in [0.25, 0.3) is 0 Å². The Morgan fingerprint density at radius 3 is 2.67 bits per heavy atom. The first-order chi connectivity index (χ1) is 5.74. The molecule has 70 valence electrons. The van der Waals surface area contributed by atoms with E-state index in [1.165, 1.54) is 12.8 Å². The van der Waals surface area contributed by atoms with E-state index in [9.17, 15) is 0 Å². The van der Waals surface area contributed by atoms with Gasteiger partial charge in [-0.3, -0.25) is 0 Å². The first-order valence-corrected chi connectivity index (χ1v) is 5.16. The quantitative estimate of drug-likeness (QED) is 0.651. The van der Waals surface area contributed by atoms with Crippen LogP contribution in [0.4, 0.5) is 0 Å². The second kappa shape index (κ2) is 4.65. The van der Waals surface area contributed by atoms with Crippen molar-refractivity contribution in [2.24, 2.45) is 11.8 Å². The number of hydrogen-bond acceptors (Lipinski definition) is 1. The average Bonchev–Trinajstić information content (AvgIpc) is 2.83. The van der Waals surface area contributed by atoms with E-state index in [2.05, 4.69) is 24.5 Å². The summed E-state index contributed by atoms with van der Waals surface area (Å²) in [6, 6.07) is 0. The van der Waals surface area contributed by atoms with Crippen LogP contribution in [0.15, 0.2) is 0 Å². The van der Waals surface area contributed by atoms with Crippen molar-refractivity contribution < 1.29 is 0 Å². The molecule has 0 amide bonds. The first-order valence-electron chi connectivity index (χ1n) is 4.75. The van der Waals surface area contributed by atoms with E-state index in [0.717, 1.165) is 30.0 Å². The molecule has 0 aromatic rings. The molecule has 1 saturated carbocycles. The van der Waals surface area contributed by atoms with Gasteiger partial charge in [-0.05, 0) is 43.8 Å². The predicted octanol–water partition coefficient (Wildman–Crippen LogP) is 1.52. The highest BCUT2D eigenvalue weighted by atomic mass is 32.1. The molecule has 1 unspecified atom stereocenters. The predicted molar refractivity (Wildman–Crippen MR) is 56.2 cm³/mol. The third-order valence-electron chi connectivity index (χ3n) is 2.35. The topological polar surface area (TPSA) is 24.1 Å². The van der Waals surface area contributed by atoms with E-state index < -0.39 is 0 Å². The molecular weight excluding hydrogens is 168 g/mol. The second-order valence-corrected chi connectivity index (χ2v) is 3.96. The van der Waals surface area contributed by atoms with Gasteiger partial charge in [-0.2, -0.15) is 0 Å². The van der Waals surface area contributed by atoms with Gasteiger partial charge in [-0.1, -0.05) is 6.92 Å². The largest absolute Gasteiger partial charge is 0.363 e. The van der Waals surface area contributed by atoms with Crippen molar-refractivity contribution in [2.75, 3.05) is 13.1 Å². The van der Waals surface area contributed by atoms with Crippen LogP contribution >= 0.6 is 12.2 Å². The van der Waals surface area contributed by atoms with Crippen molar-refractivity contribution in [1.82, 2.24) is 10.6 Å². The summed E-state index contributed by atoms with van der Waals surface area (Å²) in [5.74, 6) is 1.74. The molecule has 0 radical (unpaired) electrons. The summed E-state index contributed by atoms with van der Waals surface area (Å²) in [4.78, 5) is 0. The zero-order valence-electron chi connectivity index (χ0n) is 7.89. The molecule has 2 nitrogen and oxygen atoms in total. The zero-order chi connectivity index (χ0) is 8.97. The minimum absolute atomic E-state index is 0.779. The van der Waals surface area contributed by atoms with Crippen molar-refractivity contribution in [1.29, 1.82) is 0 Å². The summed E-state index contributed by atoms with van der Waals surface area (Å²) >= 11 is 5.06. The third-order valence-corrected chi connectivity index (χ3v) is 2.64. The van der Waals surface area contributed by atoms with Gasteiger partial charge in [-0.25, -0.2) is 0 Å². The minimum atomic E-state index is 0.779. The Balaban J connectivity index is 2.03. The van der Waals surface area contributed by atoms with Crippen molar-refractivity contribution in [2.45, 2.75) is 26.7 Å². The smallest absolute Gasteiger partial charge is 0.166 e. The zero-order valence-corrected chi connectivity index (χ0v) is 8.71. The van der Waals surface area contributed by atoms with E-state index in [4.69, 9.17) is 12.2 Å². The summed E-state index contributed by atoms with van der Waals surface area (Å²) in [5.41, 5.74) is 0. The highest BCUT2D eigenvalue weighted by Crippen LogP contribution is 2.35. The molecule has 0 aromatic carbocycles. The molecule has 1 fully saturated rings. The molecule has 1 rings (SSSR count). The maximum Gasteiger partial charge on any atom is 0.166 e. The molecule has 1 aliphatic rings. The van der Waals surface area contributed by atoms with E-state index in [-0.39, 0.29) is 0 Å². The Hall–Kier alpha value is -0.310. The Kier molecular flexibility index (Phi) is 3.79. The summed E-state index contributed by atoms with van der Waals surface area (Å²) in [5, 5.41) is 7.10. The number of nitrogens with one attached hydrogen (secondary N) is 2. The monoisotopic (exact) mass is 186 g/mol. The highest BCUT2D eigenvalue weighted by molar-refractivity contribution is 7.80. The van der Waals surface area contributed by atoms with Gasteiger partial charge in [0, 0.05) is 13.1 Å². The first kappa shape index (κ1) is 9.78. The van der Waals surface area contributed by atoms with Gasteiger partial charge in [0.1, 0.15) is 0 Å². The SMILES string of the molecule is CCNC(=S)NCC(C)C1CC1. The number of rotatable bonds is 4. The number of hydrogen-bond donors (Lipinski definition) is 2. The number of thiocarbonyl (C=S) groups is 1.